The highest BCUT2D eigenvalue weighted by molar-refractivity contribution is 14.0. The van der Waals surface area contributed by atoms with Gasteiger partial charge in [-0.15, -0.1) is 24.0 Å². The standard InChI is InChI=1S/C19H28N6O2.HI/c1-6-20-19(21-11-15-9-7-8-10-17(15)25(26)27)23(4)12-16-13-24(5)22-18(16)14(2)3;/h7-10,13-14H,6,11-12H2,1-5H3,(H,20,21);1H. The number of aromatic nitrogens is 2. The molecule has 0 unspecified atom stereocenters. The van der Waals surface area contributed by atoms with Gasteiger partial charge in [-0.1, -0.05) is 32.0 Å². The third-order valence-corrected chi connectivity index (χ3v) is 4.18. The van der Waals surface area contributed by atoms with E-state index in [-0.39, 0.29) is 41.1 Å². The predicted octanol–water partition coefficient (Wildman–Crippen LogP) is 3.67. The lowest BCUT2D eigenvalue weighted by Gasteiger charge is -2.22. The number of hydrogen-bond acceptors (Lipinski definition) is 4. The molecule has 0 amide bonds. The van der Waals surface area contributed by atoms with Crippen LogP contribution in [0.1, 0.15) is 43.5 Å². The van der Waals surface area contributed by atoms with E-state index in [1.165, 1.54) is 6.07 Å². The average Bonchev–Trinajstić information content (AvgIpc) is 2.99. The number of halogens is 1. The highest BCUT2D eigenvalue weighted by Gasteiger charge is 2.16. The molecule has 0 aliphatic carbocycles. The SMILES string of the molecule is CCNC(=NCc1ccccc1[N+](=O)[O-])N(C)Cc1cn(C)nc1C(C)C.I. The van der Waals surface area contributed by atoms with Gasteiger partial charge in [0, 0.05) is 45.0 Å². The first-order valence-corrected chi connectivity index (χ1v) is 9.07. The Morgan fingerprint density at radius 1 is 1.36 bits per heavy atom. The molecule has 0 aliphatic rings. The van der Waals surface area contributed by atoms with Crippen LogP contribution < -0.4 is 5.32 Å². The molecular weight excluding hydrogens is 471 g/mol. The zero-order valence-corrected chi connectivity index (χ0v) is 19.4. The third-order valence-electron chi connectivity index (χ3n) is 4.18. The summed E-state index contributed by atoms with van der Waals surface area (Å²) >= 11 is 0. The molecule has 1 N–H and O–H groups in total. The van der Waals surface area contributed by atoms with Crippen LogP contribution in [0, 0.1) is 10.1 Å². The summed E-state index contributed by atoms with van der Waals surface area (Å²) in [4.78, 5) is 17.4. The molecular formula is C19H29IN6O2. The van der Waals surface area contributed by atoms with Crippen LogP contribution in [0.25, 0.3) is 0 Å². The summed E-state index contributed by atoms with van der Waals surface area (Å²) in [6.07, 6.45) is 2.03. The van der Waals surface area contributed by atoms with E-state index >= 15 is 0 Å². The first-order valence-electron chi connectivity index (χ1n) is 9.07. The second-order valence-electron chi connectivity index (χ2n) is 6.78. The lowest BCUT2D eigenvalue weighted by Crippen LogP contribution is -2.38. The van der Waals surface area contributed by atoms with Crippen molar-refractivity contribution in [3.05, 3.63) is 57.4 Å². The molecule has 0 saturated carbocycles. The zero-order valence-electron chi connectivity index (χ0n) is 17.0. The molecule has 28 heavy (non-hydrogen) atoms. The van der Waals surface area contributed by atoms with Gasteiger partial charge in [0.2, 0.25) is 0 Å². The molecule has 8 nitrogen and oxygen atoms in total. The minimum absolute atomic E-state index is 0. The van der Waals surface area contributed by atoms with E-state index in [0.29, 0.717) is 30.5 Å². The lowest BCUT2D eigenvalue weighted by molar-refractivity contribution is -0.385. The number of nitrogens with one attached hydrogen (secondary N) is 1. The van der Waals surface area contributed by atoms with Crippen molar-refractivity contribution in [1.82, 2.24) is 20.0 Å². The highest BCUT2D eigenvalue weighted by atomic mass is 127. The number of guanidine groups is 1. The van der Waals surface area contributed by atoms with Gasteiger partial charge in [0.1, 0.15) is 0 Å². The number of nitro benzene ring substituents is 1. The van der Waals surface area contributed by atoms with Crippen molar-refractivity contribution in [2.75, 3.05) is 13.6 Å². The molecule has 0 bridgehead atoms. The van der Waals surface area contributed by atoms with Crippen LogP contribution in [0.15, 0.2) is 35.5 Å². The van der Waals surface area contributed by atoms with Crippen molar-refractivity contribution >= 4 is 35.6 Å². The van der Waals surface area contributed by atoms with E-state index < -0.39 is 0 Å². The summed E-state index contributed by atoms with van der Waals surface area (Å²) in [5.74, 6) is 1.04. The van der Waals surface area contributed by atoms with Crippen molar-refractivity contribution in [2.24, 2.45) is 12.0 Å². The number of aliphatic imine (C=N–C) groups is 1. The van der Waals surface area contributed by atoms with Crippen molar-refractivity contribution in [3.8, 4) is 0 Å². The largest absolute Gasteiger partial charge is 0.357 e. The molecule has 9 heteroatoms. The molecule has 0 radical (unpaired) electrons. The van der Waals surface area contributed by atoms with Gasteiger partial charge >= 0.3 is 0 Å². The zero-order chi connectivity index (χ0) is 20.0. The van der Waals surface area contributed by atoms with Crippen LogP contribution in [0.5, 0.6) is 0 Å². The molecule has 2 aromatic rings. The Labute approximate surface area is 183 Å². The van der Waals surface area contributed by atoms with Crippen LogP contribution >= 0.6 is 24.0 Å². The number of rotatable bonds is 7. The molecule has 1 aromatic carbocycles. The van der Waals surface area contributed by atoms with E-state index in [1.54, 1.807) is 18.2 Å². The normalized spacial score (nSPS) is 11.3. The van der Waals surface area contributed by atoms with Crippen LogP contribution in [-0.2, 0) is 20.1 Å². The van der Waals surface area contributed by atoms with E-state index in [0.717, 1.165) is 11.3 Å². The Balaban J connectivity index is 0.00000392. The summed E-state index contributed by atoms with van der Waals surface area (Å²) in [7, 11) is 3.88. The van der Waals surface area contributed by atoms with Gasteiger partial charge in [-0.25, -0.2) is 4.99 Å². The van der Waals surface area contributed by atoms with E-state index in [4.69, 9.17) is 0 Å². The Kier molecular flexibility index (Phi) is 9.36. The molecule has 0 saturated heterocycles. The van der Waals surface area contributed by atoms with E-state index in [2.05, 4.69) is 29.3 Å². The summed E-state index contributed by atoms with van der Waals surface area (Å²) in [5.41, 5.74) is 2.90. The second-order valence-corrected chi connectivity index (χ2v) is 6.78. The number of nitrogens with zero attached hydrogens (tertiary/aromatic N) is 5. The Morgan fingerprint density at radius 3 is 2.64 bits per heavy atom. The smallest absolute Gasteiger partial charge is 0.274 e. The number of aryl methyl sites for hydroxylation is 1. The molecule has 1 heterocycles. The minimum Gasteiger partial charge on any atom is -0.357 e. The van der Waals surface area contributed by atoms with E-state index in [9.17, 15) is 10.1 Å². The third kappa shape index (κ3) is 6.18. The number of benzene rings is 1. The fourth-order valence-electron chi connectivity index (χ4n) is 2.95. The predicted molar refractivity (Wildman–Crippen MR) is 122 cm³/mol. The van der Waals surface area contributed by atoms with Gasteiger partial charge < -0.3 is 10.2 Å². The summed E-state index contributed by atoms with van der Waals surface area (Å²) in [5, 5.41) is 19.0. The first kappa shape index (κ1) is 23.9. The first-order chi connectivity index (χ1) is 12.8. The van der Waals surface area contributed by atoms with Crippen molar-refractivity contribution in [1.29, 1.82) is 0 Å². The Morgan fingerprint density at radius 2 is 2.04 bits per heavy atom. The summed E-state index contributed by atoms with van der Waals surface area (Å²) < 4.78 is 1.83. The molecule has 0 fully saturated rings. The molecule has 0 atom stereocenters. The van der Waals surface area contributed by atoms with Crippen molar-refractivity contribution in [2.45, 2.75) is 39.8 Å². The van der Waals surface area contributed by atoms with Gasteiger partial charge in [-0.3, -0.25) is 14.8 Å². The minimum atomic E-state index is -0.369. The molecule has 1 aromatic heterocycles. The molecule has 2 rings (SSSR count). The Hall–Kier alpha value is -2.17. The fourth-order valence-corrected chi connectivity index (χ4v) is 2.95. The van der Waals surface area contributed by atoms with Gasteiger partial charge in [-0.2, -0.15) is 5.10 Å². The van der Waals surface area contributed by atoms with E-state index in [1.807, 2.05) is 36.8 Å². The van der Waals surface area contributed by atoms with Gasteiger partial charge in [0.15, 0.2) is 5.96 Å². The van der Waals surface area contributed by atoms with Crippen molar-refractivity contribution < 1.29 is 4.92 Å². The van der Waals surface area contributed by atoms with Gasteiger partial charge in [-0.05, 0) is 12.8 Å². The second kappa shape index (κ2) is 11.0. The lowest BCUT2D eigenvalue weighted by atomic mass is 10.1. The number of hydrogen-bond donors (Lipinski definition) is 1. The molecule has 0 aliphatic heterocycles. The summed E-state index contributed by atoms with van der Waals surface area (Å²) in [6.45, 7) is 7.86. The summed E-state index contributed by atoms with van der Waals surface area (Å²) in [6, 6.07) is 6.70. The Bertz CT molecular complexity index is 819. The monoisotopic (exact) mass is 500 g/mol. The van der Waals surface area contributed by atoms with Crippen LogP contribution in [-0.4, -0.2) is 39.2 Å². The van der Waals surface area contributed by atoms with Gasteiger partial charge in [0.25, 0.3) is 5.69 Å². The quantitative estimate of drug-likeness (QED) is 0.206. The van der Waals surface area contributed by atoms with Crippen LogP contribution in [0.4, 0.5) is 5.69 Å². The fraction of sp³-hybridized carbons (Fsp3) is 0.474. The van der Waals surface area contributed by atoms with Crippen LogP contribution in [0.2, 0.25) is 0 Å². The molecule has 154 valence electrons. The maximum Gasteiger partial charge on any atom is 0.274 e. The highest BCUT2D eigenvalue weighted by Crippen LogP contribution is 2.20. The number of para-hydroxylation sites is 1. The maximum atomic E-state index is 11.2. The van der Waals surface area contributed by atoms with Crippen LogP contribution in [0.3, 0.4) is 0 Å². The topological polar surface area (TPSA) is 88.6 Å². The van der Waals surface area contributed by atoms with Crippen molar-refractivity contribution in [3.63, 3.8) is 0 Å². The maximum absolute atomic E-state index is 11.2. The van der Waals surface area contributed by atoms with Gasteiger partial charge in [0.05, 0.1) is 22.7 Å². The number of nitro groups is 1. The molecule has 0 spiro atoms. The average molecular weight is 500 g/mol.